The zero-order valence-electron chi connectivity index (χ0n) is 54.9. The molecule has 0 aliphatic carbocycles. The van der Waals surface area contributed by atoms with Crippen molar-refractivity contribution in [3.8, 4) is 0 Å². The van der Waals surface area contributed by atoms with Crippen LogP contribution in [0.2, 0.25) is 0 Å². The van der Waals surface area contributed by atoms with Crippen LogP contribution >= 0.6 is 7.82 Å². The van der Waals surface area contributed by atoms with Gasteiger partial charge in [-0.2, -0.15) is 0 Å². The van der Waals surface area contributed by atoms with Crippen molar-refractivity contribution in [3.05, 3.63) is 85.1 Å². The lowest BCUT2D eigenvalue weighted by atomic mass is 10.0. The van der Waals surface area contributed by atoms with Crippen molar-refractivity contribution < 1.29 is 42.1 Å². The number of allylic oxidation sites excluding steroid dienone is 14. The lowest BCUT2D eigenvalue weighted by molar-refractivity contribution is -0.870. The van der Waals surface area contributed by atoms with E-state index in [1.165, 1.54) is 193 Å². The highest BCUT2D eigenvalue weighted by Gasteiger charge is 2.22. The van der Waals surface area contributed by atoms with Crippen molar-refractivity contribution >= 4 is 19.8 Å². The van der Waals surface area contributed by atoms with Crippen LogP contribution in [0.3, 0.4) is 0 Å². The van der Waals surface area contributed by atoms with Gasteiger partial charge in [0.2, 0.25) is 0 Å². The second-order valence-corrected chi connectivity index (χ2v) is 25.9. The van der Waals surface area contributed by atoms with Gasteiger partial charge in [0.05, 0.1) is 27.7 Å². The highest BCUT2D eigenvalue weighted by atomic mass is 31.2. The van der Waals surface area contributed by atoms with Crippen molar-refractivity contribution in [1.82, 2.24) is 0 Å². The van der Waals surface area contributed by atoms with E-state index in [-0.39, 0.29) is 32.0 Å². The Balaban J connectivity index is 4.07. The van der Waals surface area contributed by atoms with Crippen LogP contribution in [0.4, 0.5) is 0 Å². The van der Waals surface area contributed by atoms with Crippen molar-refractivity contribution in [2.75, 3.05) is 47.5 Å². The molecule has 0 aliphatic heterocycles. The molecule has 83 heavy (non-hydrogen) atoms. The molecular weight excluding hydrogens is 1050 g/mol. The number of quaternary nitrogens is 1. The van der Waals surface area contributed by atoms with Crippen LogP contribution in [-0.2, 0) is 32.7 Å². The summed E-state index contributed by atoms with van der Waals surface area (Å²) in [5.74, 6) is -0.830. The molecule has 0 saturated carbocycles. The molecule has 2 atom stereocenters. The maximum Gasteiger partial charge on any atom is 0.306 e. The van der Waals surface area contributed by atoms with Gasteiger partial charge in [-0.05, 0) is 70.6 Å². The minimum absolute atomic E-state index is 0.0339. The second kappa shape index (κ2) is 63.7. The number of ether oxygens (including phenoxy) is 2. The molecule has 0 aromatic rings. The molecule has 0 aromatic carbocycles. The first-order chi connectivity index (χ1) is 40.5. The lowest BCUT2D eigenvalue weighted by Crippen LogP contribution is -2.37. The van der Waals surface area contributed by atoms with E-state index in [1.54, 1.807) is 0 Å². The summed E-state index contributed by atoms with van der Waals surface area (Å²) in [6, 6.07) is 0. The molecular formula is C73H132NO8P. The fourth-order valence-corrected chi connectivity index (χ4v) is 10.6. The molecule has 0 heterocycles. The van der Waals surface area contributed by atoms with Crippen LogP contribution in [-0.4, -0.2) is 70.0 Å². The molecule has 482 valence electrons. The van der Waals surface area contributed by atoms with Crippen LogP contribution in [0.15, 0.2) is 85.1 Å². The van der Waals surface area contributed by atoms with Crippen LogP contribution in [0, 0.1) is 0 Å². The monoisotopic (exact) mass is 1180 g/mol. The molecule has 0 fully saturated rings. The Hall–Kier alpha value is -2.81. The number of unbranched alkanes of at least 4 members (excludes halogenated alkanes) is 36. The van der Waals surface area contributed by atoms with Gasteiger partial charge in [0.15, 0.2) is 6.10 Å². The third-order valence-electron chi connectivity index (χ3n) is 15.2. The molecule has 0 amide bonds. The maximum absolute atomic E-state index is 12.9. The maximum atomic E-state index is 12.9. The number of likely N-dealkylation sites (N-methyl/N-ethyl adjacent to an activating group) is 1. The average molecular weight is 1180 g/mol. The van der Waals surface area contributed by atoms with E-state index < -0.39 is 26.5 Å². The van der Waals surface area contributed by atoms with Gasteiger partial charge in [-0.3, -0.25) is 14.2 Å². The number of esters is 2. The Morgan fingerprint density at radius 3 is 1.02 bits per heavy atom. The first-order valence-electron chi connectivity index (χ1n) is 34.8. The average Bonchev–Trinajstić information content (AvgIpc) is 3.49. The molecule has 0 spiro atoms. The Morgan fingerprint density at radius 1 is 0.386 bits per heavy atom. The lowest BCUT2D eigenvalue weighted by Gasteiger charge is -2.28. The summed E-state index contributed by atoms with van der Waals surface area (Å²) in [7, 11) is 1.17. The van der Waals surface area contributed by atoms with E-state index in [4.69, 9.17) is 18.5 Å². The summed E-state index contributed by atoms with van der Waals surface area (Å²) in [5, 5.41) is 0. The number of phosphoric acid groups is 1. The third kappa shape index (κ3) is 68.2. The first-order valence-corrected chi connectivity index (χ1v) is 36.3. The van der Waals surface area contributed by atoms with Gasteiger partial charge >= 0.3 is 11.9 Å². The van der Waals surface area contributed by atoms with Crippen molar-refractivity contribution in [2.24, 2.45) is 0 Å². The van der Waals surface area contributed by atoms with Crippen LogP contribution in [0.1, 0.15) is 316 Å². The Bertz CT molecular complexity index is 1680. The van der Waals surface area contributed by atoms with Crippen molar-refractivity contribution in [2.45, 2.75) is 322 Å². The van der Waals surface area contributed by atoms with E-state index in [9.17, 15) is 19.0 Å². The highest BCUT2D eigenvalue weighted by Crippen LogP contribution is 2.38. The van der Waals surface area contributed by atoms with Gasteiger partial charge in [0, 0.05) is 12.8 Å². The van der Waals surface area contributed by atoms with Crippen LogP contribution in [0.5, 0.6) is 0 Å². The number of phosphoric ester groups is 1. The molecule has 10 heteroatoms. The second-order valence-electron chi connectivity index (χ2n) is 24.5. The molecule has 0 aliphatic rings. The first kappa shape index (κ1) is 80.2. The third-order valence-corrected chi connectivity index (χ3v) is 16.1. The zero-order chi connectivity index (χ0) is 60.5. The molecule has 0 N–H and O–H groups in total. The highest BCUT2D eigenvalue weighted by molar-refractivity contribution is 7.45. The number of hydrogen-bond acceptors (Lipinski definition) is 8. The minimum atomic E-state index is -4.65. The Labute approximate surface area is 513 Å². The van der Waals surface area contributed by atoms with Gasteiger partial charge in [0.25, 0.3) is 7.82 Å². The summed E-state index contributed by atoms with van der Waals surface area (Å²) in [5.41, 5.74) is 0. The molecule has 0 aromatic heterocycles. The van der Waals surface area contributed by atoms with E-state index in [0.717, 1.165) is 89.9 Å². The topological polar surface area (TPSA) is 111 Å². The number of carbonyl (C=O) groups excluding carboxylic acids is 2. The predicted octanol–water partition coefficient (Wildman–Crippen LogP) is 21.9. The summed E-state index contributed by atoms with van der Waals surface area (Å²) in [4.78, 5) is 38.1. The van der Waals surface area contributed by atoms with Gasteiger partial charge in [-0.15, -0.1) is 0 Å². The molecule has 0 saturated heterocycles. The minimum Gasteiger partial charge on any atom is -0.756 e. The smallest absolute Gasteiger partial charge is 0.306 e. The summed E-state index contributed by atoms with van der Waals surface area (Å²) in [6.45, 7) is 4.16. The summed E-state index contributed by atoms with van der Waals surface area (Å²) in [6.07, 6.45) is 86.6. The molecule has 0 rings (SSSR count). The van der Waals surface area contributed by atoms with E-state index in [1.807, 2.05) is 21.1 Å². The van der Waals surface area contributed by atoms with Crippen molar-refractivity contribution in [3.63, 3.8) is 0 Å². The van der Waals surface area contributed by atoms with E-state index in [2.05, 4.69) is 98.9 Å². The number of carbonyl (C=O) groups is 2. The van der Waals surface area contributed by atoms with E-state index in [0.29, 0.717) is 17.4 Å². The number of rotatable bonds is 64. The number of hydrogen-bond donors (Lipinski definition) is 0. The molecule has 9 nitrogen and oxygen atoms in total. The fraction of sp³-hybridized carbons (Fsp3) is 0.781. The van der Waals surface area contributed by atoms with Gasteiger partial charge in [0.1, 0.15) is 19.8 Å². The zero-order valence-corrected chi connectivity index (χ0v) is 55.8. The molecule has 0 bridgehead atoms. The Kier molecular flexibility index (Phi) is 61.5. The van der Waals surface area contributed by atoms with Crippen molar-refractivity contribution in [1.29, 1.82) is 0 Å². The fourth-order valence-electron chi connectivity index (χ4n) is 9.88. The van der Waals surface area contributed by atoms with Crippen LogP contribution in [0.25, 0.3) is 0 Å². The SMILES string of the molecule is CC/C=C\C/C=C\C/C=C\C/C=C\C/C=C\C/C=C\C/C=C\CCCCCCCCCCCC(=O)OC(COC(=O)CCCCCCCCCCCCCCCCCCCCCCCCCCCCCC)COP(=O)([O-])OCC[N+](C)(C)C. The van der Waals surface area contributed by atoms with Crippen LogP contribution < -0.4 is 4.89 Å². The van der Waals surface area contributed by atoms with Gasteiger partial charge < -0.3 is 27.9 Å². The van der Waals surface area contributed by atoms with Gasteiger partial charge in [-0.25, -0.2) is 0 Å². The number of nitrogens with zero attached hydrogens (tertiary/aromatic N) is 1. The largest absolute Gasteiger partial charge is 0.756 e. The molecule has 2 unspecified atom stereocenters. The standard InChI is InChI=1S/C73H132NO8P/c1-6-8-10-12-14-16-18-20-22-24-26-28-30-32-34-36-37-38-40-42-44-46-48-50-52-54-56-58-60-62-64-66-73(76)82-71(70-81-83(77,78)80-68-67-74(3,4)5)69-79-72(75)65-63-61-59-57-55-53-51-49-47-45-43-41-39-35-33-31-29-27-25-23-21-19-17-15-13-11-9-7-2/h8,10,14,16,20,22,26,28,32,34,37-38,42,44,71H,6-7,9,11-13,15,17-19,21,23-25,27,29-31,33,35-36,39-41,43,45-70H2,1-5H3/b10-8-,16-14-,22-20-,28-26-,34-32-,38-37-,44-42-. The summed E-state index contributed by atoms with van der Waals surface area (Å²) < 4.78 is 34.3. The quantitative estimate of drug-likeness (QED) is 0.0195. The summed E-state index contributed by atoms with van der Waals surface area (Å²) >= 11 is 0. The normalized spacial score (nSPS) is 13.7. The Morgan fingerprint density at radius 2 is 0.687 bits per heavy atom. The predicted molar refractivity (Wildman–Crippen MR) is 356 cm³/mol. The van der Waals surface area contributed by atoms with E-state index >= 15 is 0 Å². The molecule has 0 radical (unpaired) electrons. The van der Waals surface area contributed by atoms with Gasteiger partial charge in [-0.1, -0.05) is 317 Å².